The molecular formula is C13H16O5. The normalized spacial score (nSPS) is 12.4. The van der Waals surface area contributed by atoms with Crippen LogP contribution in [-0.2, 0) is 9.53 Å². The van der Waals surface area contributed by atoms with Gasteiger partial charge in [0.15, 0.2) is 11.5 Å². The van der Waals surface area contributed by atoms with Gasteiger partial charge < -0.3 is 19.7 Å². The van der Waals surface area contributed by atoms with Crippen LogP contribution >= 0.6 is 0 Å². The van der Waals surface area contributed by atoms with Crippen LogP contribution in [0.5, 0.6) is 11.5 Å². The number of hydrogen-bond donors (Lipinski definition) is 2. The monoisotopic (exact) mass is 252 g/mol. The van der Waals surface area contributed by atoms with Crippen molar-refractivity contribution in [2.75, 3.05) is 13.7 Å². The van der Waals surface area contributed by atoms with Crippen molar-refractivity contribution in [1.29, 1.82) is 0 Å². The maximum atomic E-state index is 11.3. The zero-order valence-corrected chi connectivity index (χ0v) is 10.3. The first kappa shape index (κ1) is 14.1. The molecule has 0 spiro atoms. The average Bonchev–Trinajstić information content (AvgIpc) is 2.37. The van der Waals surface area contributed by atoms with Crippen molar-refractivity contribution in [2.45, 2.75) is 13.0 Å². The maximum absolute atomic E-state index is 11.3. The van der Waals surface area contributed by atoms with Crippen molar-refractivity contribution in [3.05, 3.63) is 29.8 Å². The predicted octanol–water partition coefficient (Wildman–Crippen LogP) is 1.34. The molecule has 0 aliphatic rings. The second-order valence-corrected chi connectivity index (χ2v) is 3.69. The van der Waals surface area contributed by atoms with E-state index in [0.29, 0.717) is 11.3 Å². The number of rotatable bonds is 5. The van der Waals surface area contributed by atoms with Gasteiger partial charge in [-0.3, -0.25) is 0 Å². The second-order valence-electron chi connectivity index (χ2n) is 3.69. The van der Waals surface area contributed by atoms with Crippen LogP contribution in [0.4, 0.5) is 0 Å². The fourth-order valence-electron chi connectivity index (χ4n) is 1.24. The first-order valence-corrected chi connectivity index (χ1v) is 5.43. The number of carbonyl (C=O) groups excluding carboxylic acids is 1. The molecule has 98 valence electrons. The van der Waals surface area contributed by atoms with E-state index >= 15 is 0 Å². The second kappa shape index (κ2) is 6.66. The summed E-state index contributed by atoms with van der Waals surface area (Å²) in [4.78, 5) is 11.3. The third kappa shape index (κ3) is 4.10. The number of aromatic hydroxyl groups is 1. The van der Waals surface area contributed by atoms with E-state index in [-0.39, 0.29) is 12.4 Å². The molecule has 0 radical (unpaired) electrons. The van der Waals surface area contributed by atoms with Crippen LogP contribution in [0.25, 0.3) is 6.08 Å². The number of phenolic OH excluding ortho intramolecular Hbond substituents is 1. The Labute approximate surface area is 105 Å². The van der Waals surface area contributed by atoms with E-state index in [0.717, 1.165) is 0 Å². The van der Waals surface area contributed by atoms with Gasteiger partial charge in [-0.2, -0.15) is 0 Å². The van der Waals surface area contributed by atoms with Crippen molar-refractivity contribution < 1.29 is 24.5 Å². The first-order valence-electron chi connectivity index (χ1n) is 5.43. The summed E-state index contributed by atoms with van der Waals surface area (Å²) < 4.78 is 9.79. The van der Waals surface area contributed by atoms with Gasteiger partial charge in [0.05, 0.1) is 13.7 Å². The van der Waals surface area contributed by atoms with Crippen molar-refractivity contribution >= 4 is 12.0 Å². The summed E-state index contributed by atoms with van der Waals surface area (Å²) in [5.74, 6) is -0.177. The Morgan fingerprint density at radius 2 is 2.22 bits per heavy atom. The number of ether oxygens (including phenoxy) is 2. The molecule has 1 aromatic carbocycles. The van der Waals surface area contributed by atoms with E-state index in [4.69, 9.17) is 14.6 Å². The van der Waals surface area contributed by atoms with Gasteiger partial charge in [0, 0.05) is 6.08 Å². The van der Waals surface area contributed by atoms with E-state index in [9.17, 15) is 9.90 Å². The summed E-state index contributed by atoms with van der Waals surface area (Å²) >= 11 is 0. The van der Waals surface area contributed by atoms with Crippen molar-refractivity contribution in [3.63, 3.8) is 0 Å². The van der Waals surface area contributed by atoms with Crippen LogP contribution in [0, 0.1) is 0 Å². The highest BCUT2D eigenvalue weighted by molar-refractivity contribution is 5.87. The largest absolute Gasteiger partial charge is 0.504 e. The Morgan fingerprint density at radius 3 is 2.83 bits per heavy atom. The summed E-state index contributed by atoms with van der Waals surface area (Å²) in [7, 11) is 1.44. The third-order valence-electron chi connectivity index (χ3n) is 2.19. The highest BCUT2D eigenvalue weighted by Gasteiger charge is 2.05. The van der Waals surface area contributed by atoms with Crippen LogP contribution < -0.4 is 4.74 Å². The molecule has 0 heterocycles. The van der Waals surface area contributed by atoms with Crippen molar-refractivity contribution in [1.82, 2.24) is 0 Å². The zero-order valence-electron chi connectivity index (χ0n) is 10.3. The topological polar surface area (TPSA) is 76.0 Å². The summed E-state index contributed by atoms with van der Waals surface area (Å²) in [5.41, 5.74) is 0.693. The van der Waals surface area contributed by atoms with Crippen LogP contribution in [0.15, 0.2) is 24.3 Å². The van der Waals surface area contributed by atoms with Crippen LogP contribution in [-0.4, -0.2) is 36.0 Å². The number of aliphatic hydroxyl groups excluding tert-OH is 1. The standard InChI is InChI=1S/C13H16O5/c1-9(8-14)18-13(16)6-4-10-3-5-11(15)12(7-10)17-2/h3-7,9,14-15H,8H2,1-2H3. The van der Waals surface area contributed by atoms with E-state index in [1.807, 2.05) is 0 Å². The number of hydrogen-bond acceptors (Lipinski definition) is 5. The minimum Gasteiger partial charge on any atom is -0.504 e. The minimum absolute atomic E-state index is 0.0335. The molecule has 0 amide bonds. The molecule has 5 heteroatoms. The number of esters is 1. The lowest BCUT2D eigenvalue weighted by Crippen LogP contribution is -2.16. The SMILES string of the molecule is COc1cc(C=CC(=O)OC(C)CO)ccc1O. The number of phenols is 1. The van der Waals surface area contributed by atoms with Gasteiger partial charge in [-0.15, -0.1) is 0 Å². The van der Waals surface area contributed by atoms with Crippen molar-refractivity contribution in [3.8, 4) is 11.5 Å². The van der Waals surface area contributed by atoms with Gasteiger partial charge in [0.1, 0.15) is 6.10 Å². The van der Waals surface area contributed by atoms with Gasteiger partial charge in [0.25, 0.3) is 0 Å². The van der Waals surface area contributed by atoms with Gasteiger partial charge in [-0.05, 0) is 30.7 Å². The van der Waals surface area contributed by atoms with Crippen LogP contribution in [0.1, 0.15) is 12.5 Å². The molecule has 0 aliphatic heterocycles. The lowest BCUT2D eigenvalue weighted by Gasteiger charge is -2.07. The van der Waals surface area contributed by atoms with Gasteiger partial charge in [-0.25, -0.2) is 4.79 Å². The lowest BCUT2D eigenvalue weighted by atomic mass is 10.2. The Morgan fingerprint density at radius 1 is 1.50 bits per heavy atom. The third-order valence-corrected chi connectivity index (χ3v) is 2.19. The highest BCUT2D eigenvalue weighted by Crippen LogP contribution is 2.26. The molecule has 0 fully saturated rings. The Bertz CT molecular complexity index is 439. The maximum Gasteiger partial charge on any atom is 0.331 e. The lowest BCUT2D eigenvalue weighted by molar-refractivity contribution is -0.143. The molecule has 1 rings (SSSR count). The summed E-state index contributed by atoms with van der Waals surface area (Å²) in [6.07, 6.45) is 2.25. The smallest absolute Gasteiger partial charge is 0.331 e. The number of carbonyl (C=O) groups is 1. The van der Waals surface area contributed by atoms with E-state index in [1.54, 1.807) is 19.1 Å². The minimum atomic E-state index is -0.538. The Kier molecular flexibility index (Phi) is 5.20. The quantitative estimate of drug-likeness (QED) is 0.611. The van der Waals surface area contributed by atoms with Crippen LogP contribution in [0.3, 0.4) is 0 Å². The number of benzene rings is 1. The molecule has 1 aromatic rings. The predicted molar refractivity (Wildman–Crippen MR) is 66.3 cm³/mol. The molecule has 0 saturated carbocycles. The number of methoxy groups -OCH3 is 1. The first-order chi connectivity index (χ1) is 8.56. The average molecular weight is 252 g/mol. The zero-order chi connectivity index (χ0) is 13.5. The van der Waals surface area contributed by atoms with E-state index < -0.39 is 12.1 Å². The number of aliphatic hydroxyl groups is 1. The van der Waals surface area contributed by atoms with E-state index in [1.165, 1.54) is 25.3 Å². The van der Waals surface area contributed by atoms with E-state index in [2.05, 4.69) is 0 Å². The molecule has 18 heavy (non-hydrogen) atoms. The van der Waals surface area contributed by atoms with Gasteiger partial charge >= 0.3 is 5.97 Å². The molecule has 5 nitrogen and oxygen atoms in total. The molecule has 1 unspecified atom stereocenters. The molecule has 0 bridgehead atoms. The molecular weight excluding hydrogens is 236 g/mol. The van der Waals surface area contributed by atoms with Gasteiger partial charge in [0.2, 0.25) is 0 Å². The fraction of sp³-hybridized carbons (Fsp3) is 0.308. The summed E-state index contributed by atoms with van der Waals surface area (Å²) in [6, 6.07) is 4.70. The fourth-order valence-corrected chi connectivity index (χ4v) is 1.24. The van der Waals surface area contributed by atoms with Gasteiger partial charge in [-0.1, -0.05) is 6.07 Å². The Balaban J connectivity index is 2.69. The molecule has 0 aliphatic carbocycles. The molecule has 0 aromatic heterocycles. The van der Waals surface area contributed by atoms with Crippen molar-refractivity contribution in [2.24, 2.45) is 0 Å². The summed E-state index contributed by atoms with van der Waals surface area (Å²) in [6.45, 7) is 1.38. The molecule has 1 atom stereocenters. The van der Waals surface area contributed by atoms with Crippen LogP contribution in [0.2, 0.25) is 0 Å². The summed E-state index contributed by atoms with van der Waals surface area (Å²) in [5, 5.41) is 18.1. The Hall–Kier alpha value is -2.01. The molecule has 0 saturated heterocycles. The highest BCUT2D eigenvalue weighted by atomic mass is 16.5. The molecule has 2 N–H and O–H groups in total.